The lowest BCUT2D eigenvalue weighted by Gasteiger charge is -2.72. The molecule has 13 heteroatoms. The van der Waals surface area contributed by atoms with Crippen molar-refractivity contribution in [2.75, 3.05) is 20.6 Å². The number of allylic oxidation sites excluding steroid dienone is 1. The van der Waals surface area contributed by atoms with Crippen molar-refractivity contribution < 1.29 is 33.7 Å². The van der Waals surface area contributed by atoms with Gasteiger partial charge in [0.25, 0.3) is 0 Å². The fourth-order valence-electron chi connectivity index (χ4n) is 13.7. The SMILES string of the molecule is CC(C)C1=C2[C@H]3CC[C@@H]4[C@@]5(C)CC[C@H](OC(=O)CC(C)(C)C(=O)O)C(C)(C)[C@@H]5CC[C@@]4(C)[C@]3(C)CC[C@@]2([C@@H](O)c2nnc(-c3ncc(F)cn3)n2CCN(C)C)CC1=O. The van der Waals surface area contributed by atoms with Gasteiger partial charge < -0.3 is 24.4 Å². The fraction of sp³-hybridized carbons (Fsp3) is 0.761. The van der Waals surface area contributed by atoms with E-state index in [2.05, 4.69) is 68.6 Å². The number of carboxylic acids is 1. The Morgan fingerprint density at radius 3 is 2.27 bits per heavy atom. The van der Waals surface area contributed by atoms with Crippen LogP contribution in [0, 0.1) is 62.0 Å². The highest BCUT2D eigenvalue weighted by molar-refractivity contribution is 6.00. The largest absolute Gasteiger partial charge is 0.481 e. The number of fused-ring (bicyclic) bond motifs is 7. The van der Waals surface area contributed by atoms with Gasteiger partial charge in [0.15, 0.2) is 23.2 Å². The molecule has 0 aromatic carbocycles. The topological polar surface area (TPSA) is 161 Å². The number of aromatic nitrogens is 5. The zero-order valence-corrected chi connectivity index (χ0v) is 37.2. The molecule has 4 saturated carbocycles. The number of likely N-dealkylation sites (N-methyl/N-ethyl adjacent to an activating group) is 1. The van der Waals surface area contributed by atoms with Gasteiger partial charge >= 0.3 is 11.9 Å². The van der Waals surface area contributed by atoms with Gasteiger partial charge in [-0.05, 0) is 130 Å². The number of hydrogen-bond donors (Lipinski definition) is 2. The molecule has 7 rings (SSSR count). The van der Waals surface area contributed by atoms with Crippen LogP contribution in [0.1, 0.15) is 138 Å². The predicted molar refractivity (Wildman–Crippen MR) is 220 cm³/mol. The third kappa shape index (κ3) is 6.70. The summed E-state index contributed by atoms with van der Waals surface area (Å²) in [5.74, 6) is -0.147. The Morgan fingerprint density at radius 2 is 1.64 bits per heavy atom. The molecule has 324 valence electrons. The summed E-state index contributed by atoms with van der Waals surface area (Å²) < 4.78 is 21.9. The molecule has 0 radical (unpaired) electrons. The lowest BCUT2D eigenvalue weighted by molar-refractivity contribution is -0.235. The van der Waals surface area contributed by atoms with Crippen LogP contribution in [-0.2, 0) is 25.7 Å². The van der Waals surface area contributed by atoms with E-state index >= 15 is 0 Å². The molecule has 4 fully saturated rings. The third-order valence-corrected chi connectivity index (χ3v) is 17.0. The number of aliphatic hydroxyl groups is 1. The minimum absolute atomic E-state index is 0.00971. The molecule has 0 spiro atoms. The number of nitrogens with zero attached hydrogens (tertiary/aromatic N) is 6. The van der Waals surface area contributed by atoms with E-state index in [1.54, 1.807) is 13.8 Å². The van der Waals surface area contributed by atoms with Crippen molar-refractivity contribution >= 4 is 17.7 Å². The van der Waals surface area contributed by atoms with Crippen molar-refractivity contribution in [2.45, 2.75) is 145 Å². The van der Waals surface area contributed by atoms with Gasteiger partial charge in [-0.2, -0.15) is 0 Å². The Kier molecular flexibility index (Phi) is 10.9. The summed E-state index contributed by atoms with van der Waals surface area (Å²) in [4.78, 5) is 49.9. The minimum Gasteiger partial charge on any atom is -0.481 e. The van der Waals surface area contributed by atoms with Gasteiger partial charge in [-0.25, -0.2) is 14.4 Å². The minimum atomic E-state index is -1.20. The molecule has 0 aliphatic heterocycles. The lowest BCUT2D eigenvalue weighted by atomic mass is 9.33. The fourth-order valence-corrected chi connectivity index (χ4v) is 13.7. The van der Waals surface area contributed by atoms with Crippen molar-refractivity contribution in [3.8, 4) is 11.6 Å². The summed E-state index contributed by atoms with van der Waals surface area (Å²) in [5.41, 5.74) is -0.535. The summed E-state index contributed by atoms with van der Waals surface area (Å²) in [5, 5.41) is 31.6. The number of carboxylic acid groups (broad SMARTS) is 1. The number of esters is 1. The lowest BCUT2D eigenvalue weighted by Crippen LogP contribution is -2.66. The first kappa shape index (κ1) is 43.5. The Balaban J connectivity index is 1.23. The van der Waals surface area contributed by atoms with Gasteiger partial charge in [0, 0.05) is 30.3 Å². The highest BCUT2D eigenvalue weighted by atomic mass is 19.1. The molecule has 5 aliphatic carbocycles. The zero-order valence-electron chi connectivity index (χ0n) is 37.2. The zero-order chi connectivity index (χ0) is 43.2. The van der Waals surface area contributed by atoms with Crippen LogP contribution in [0.4, 0.5) is 4.39 Å². The van der Waals surface area contributed by atoms with E-state index in [-0.39, 0.29) is 64.0 Å². The van der Waals surface area contributed by atoms with Gasteiger partial charge in [0.1, 0.15) is 12.2 Å². The van der Waals surface area contributed by atoms with E-state index in [0.29, 0.717) is 43.0 Å². The van der Waals surface area contributed by atoms with Crippen LogP contribution < -0.4 is 0 Å². The van der Waals surface area contributed by atoms with Crippen molar-refractivity contribution in [1.82, 2.24) is 29.6 Å². The van der Waals surface area contributed by atoms with Gasteiger partial charge in [0.05, 0.1) is 24.2 Å². The maximum atomic E-state index is 14.4. The van der Waals surface area contributed by atoms with E-state index in [1.165, 1.54) is 0 Å². The number of hydrogen-bond acceptors (Lipinski definition) is 10. The number of ketones is 1. The van der Waals surface area contributed by atoms with E-state index < -0.39 is 34.7 Å². The van der Waals surface area contributed by atoms with Crippen molar-refractivity contribution in [1.29, 1.82) is 0 Å². The van der Waals surface area contributed by atoms with Crippen LogP contribution in [0.5, 0.6) is 0 Å². The molecule has 2 aromatic heterocycles. The monoisotopic (exact) mass is 819 g/mol. The summed E-state index contributed by atoms with van der Waals surface area (Å²) in [6.07, 6.45) is 7.93. The number of halogens is 1. The molecule has 0 unspecified atom stereocenters. The Hall–Kier alpha value is -3.58. The molecule has 2 heterocycles. The molecular weight excluding hydrogens is 752 g/mol. The van der Waals surface area contributed by atoms with Crippen LogP contribution in [0.3, 0.4) is 0 Å². The van der Waals surface area contributed by atoms with Crippen LogP contribution in [0.2, 0.25) is 0 Å². The van der Waals surface area contributed by atoms with E-state index in [4.69, 9.17) is 4.74 Å². The van der Waals surface area contributed by atoms with Crippen LogP contribution in [0.25, 0.3) is 11.6 Å². The molecule has 5 aliphatic rings. The molecule has 59 heavy (non-hydrogen) atoms. The number of aliphatic carboxylic acids is 1. The van der Waals surface area contributed by atoms with Gasteiger partial charge in [-0.15, -0.1) is 10.2 Å². The molecule has 2 aromatic rings. The first-order chi connectivity index (χ1) is 27.4. The Bertz CT molecular complexity index is 2030. The van der Waals surface area contributed by atoms with Crippen molar-refractivity contribution in [3.63, 3.8) is 0 Å². The summed E-state index contributed by atoms with van der Waals surface area (Å²) in [6, 6.07) is 0. The van der Waals surface area contributed by atoms with E-state index in [0.717, 1.165) is 68.5 Å². The first-order valence-electron chi connectivity index (χ1n) is 21.9. The van der Waals surface area contributed by atoms with Gasteiger partial charge in [-0.3, -0.25) is 14.4 Å². The molecule has 0 amide bonds. The van der Waals surface area contributed by atoms with Crippen molar-refractivity contribution in [3.05, 3.63) is 35.2 Å². The number of carbonyl (C=O) groups is 3. The van der Waals surface area contributed by atoms with Crippen LogP contribution in [-0.4, -0.2) is 84.3 Å². The molecular formula is C46H67FN6O6. The number of Topliss-reactive ketones (excluding diaryl/α,β-unsaturated/α-hetero) is 1. The third-order valence-electron chi connectivity index (χ3n) is 17.0. The maximum Gasteiger partial charge on any atom is 0.309 e. The highest BCUT2D eigenvalue weighted by Crippen LogP contribution is 2.77. The van der Waals surface area contributed by atoms with Gasteiger partial charge in [-0.1, -0.05) is 48.5 Å². The van der Waals surface area contributed by atoms with E-state index in [1.807, 2.05) is 23.6 Å². The van der Waals surface area contributed by atoms with Gasteiger partial charge in [0.2, 0.25) is 5.82 Å². The highest BCUT2D eigenvalue weighted by Gasteiger charge is 2.71. The quantitative estimate of drug-likeness (QED) is 0.213. The smallest absolute Gasteiger partial charge is 0.309 e. The first-order valence-corrected chi connectivity index (χ1v) is 21.9. The molecule has 0 saturated heterocycles. The second-order valence-corrected chi connectivity index (χ2v) is 21.5. The summed E-state index contributed by atoms with van der Waals surface area (Å²) in [6.45, 7) is 20.4. The maximum absolute atomic E-state index is 14.4. The molecule has 9 atom stereocenters. The number of ether oxygens (including phenoxy) is 1. The Labute approximate surface area is 349 Å². The van der Waals surface area contributed by atoms with E-state index in [9.17, 15) is 29.0 Å². The standard InChI is InChI=1S/C46H67FN6O6/c1-26(2)34-29(54)22-46(36(56)38-50-51-39(53(38)21-20-52(10)11)37-48-24-27(47)25-49-37)19-18-44(8)28(35(34)46)12-13-31-43(7)16-15-32(59-33(55)23-41(3,4)40(57)58)42(5,6)30(43)14-17-45(31,44)9/h24-26,28,30-32,36,56H,12-23H2,1-11H3,(H,57,58)/t28-,30+,31-,32+,36+,43+,44-,45-,46-/m1/s1. The molecule has 0 bridgehead atoms. The summed E-state index contributed by atoms with van der Waals surface area (Å²) >= 11 is 0. The number of aliphatic hydroxyl groups excluding tert-OH is 1. The van der Waals surface area contributed by atoms with Crippen LogP contribution in [0.15, 0.2) is 23.5 Å². The average Bonchev–Trinajstić information content (AvgIpc) is 3.70. The molecule has 12 nitrogen and oxygen atoms in total. The second-order valence-electron chi connectivity index (χ2n) is 21.5. The summed E-state index contributed by atoms with van der Waals surface area (Å²) in [7, 11) is 3.94. The number of rotatable bonds is 11. The average molecular weight is 819 g/mol. The second kappa shape index (κ2) is 14.8. The number of carbonyl (C=O) groups excluding carboxylic acids is 2. The van der Waals surface area contributed by atoms with Crippen LogP contribution >= 0.6 is 0 Å². The predicted octanol–water partition coefficient (Wildman–Crippen LogP) is 7.86. The normalized spacial score (nSPS) is 34.6. The molecule has 2 N–H and O–H groups in total. The Morgan fingerprint density at radius 1 is 0.966 bits per heavy atom. The van der Waals surface area contributed by atoms with Crippen molar-refractivity contribution in [2.24, 2.45) is 56.2 Å².